The Bertz CT molecular complexity index is 643. The second kappa shape index (κ2) is 5.61. The van der Waals surface area contributed by atoms with E-state index in [2.05, 4.69) is 0 Å². The summed E-state index contributed by atoms with van der Waals surface area (Å²) < 4.78 is 19.0. The van der Waals surface area contributed by atoms with Crippen LogP contribution >= 0.6 is 0 Å². The van der Waals surface area contributed by atoms with E-state index in [1.807, 2.05) is 24.3 Å². The number of methoxy groups -OCH3 is 1. The Morgan fingerprint density at radius 3 is 2.60 bits per heavy atom. The zero-order valence-corrected chi connectivity index (χ0v) is 11.4. The maximum absolute atomic E-state index is 13.9. The van der Waals surface area contributed by atoms with Gasteiger partial charge in [0.2, 0.25) is 0 Å². The standard InChI is InChI=1S/C15H16FN3O/c1-19(10-5-3-6-11(9-10)20-2)13-8-4-7-12(16)14(13)15(17)18/h3-9H,1-2H3,(H3,17,18). The van der Waals surface area contributed by atoms with E-state index in [9.17, 15) is 4.39 Å². The first-order chi connectivity index (χ1) is 9.54. The lowest BCUT2D eigenvalue weighted by atomic mass is 10.1. The molecule has 2 rings (SSSR count). The summed E-state index contributed by atoms with van der Waals surface area (Å²) in [5, 5.41) is 7.54. The van der Waals surface area contributed by atoms with Gasteiger partial charge in [-0.1, -0.05) is 12.1 Å². The number of nitrogens with one attached hydrogen (secondary N) is 1. The molecule has 0 spiro atoms. The van der Waals surface area contributed by atoms with Gasteiger partial charge in [-0.15, -0.1) is 0 Å². The van der Waals surface area contributed by atoms with Gasteiger partial charge in [0.1, 0.15) is 17.4 Å². The zero-order chi connectivity index (χ0) is 14.7. The number of ether oxygens (including phenoxy) is 1. The Balaban J connectivity index is 2.50. The van der Waals surface area contributed by atoms with Gasteiger partial charge in [-0.2, -0.15) is 0 Å². The fourth-order valence-corrected chi connectivity index (χ4v) is 2.02. The number of rotatable bonds is 4. The molecule has 0 aromatic heterocycles. The van der Waals surface area contributed by atoms with Crippen LogP contribution in [-0.2, 0) is 0 Å². The molecule has 0 aliphatic carbocycles. The summed E-state index contributed by atoms with van der Waals surface area (Å²) in [6, 6.07) is 12.0. The van der Waals surface area contributed by atoms with Gasteiger partial charge in [0, 0.05) is 18.8 Å². The first-order valence-corrected chi connectivity index (χ1v) is 6.05. The van der Waals surface area contributed by atoms with Crippen LogP contribution in [0.1, 0.15) is 5.56 Å². The molecule has 0 heterocycles. The Morgan fingerprint density at radius 2 is 1.95 bits per heavy atom. The number of nitrogen functional groups attached to an aromatic ring is 1. The van der Waals surface area contributed by atoms with Crippen LogP contribution in [0, 0.1) is 11.2 Å². The zero-order valence-electron chi connectivity index (χ0n) is 11.4. The quantitative estimate of drug-likeness (QED) is 0.665. The highest BCUT2D eigenvalue weighted by atomic mass is 19.1. The third-order valence-electron chi connectivity index (χ3n) is 3.06. The van der Waals surface area contributed by atoms with Crippen LogP contribution in [0.4, 0.5) is 15.8 Å². The molecule has 2 aromatic rings. The Kier molecular flexibility index (Phi) is 3.89. The molecule has 5 heteroatoms. The molecular formula is C15H16FN3O. The number of nitrogens with two attached hydrogens (primary N) is 1. The molecule has 0 aliphatic rings. The number of amidine groups is 1. The minimum atomic E-state index is -0.509. The average Bonchev–Trinajstić information content (AvgIpc) is 2.45. The van der Waals surface area contributed by atoms with Crippen molar-refractivity contribution in [3.63, 3.8) is 0 Å². The van der Waals surface area contributed by atoms with E-state index >= 15 is 0 Å². The fraction of sp³-hybridized carbons (Fsp3) is 0.133. The number of anilines is 2. The molecule has 0 saturated carbocycles. The van der Waals surface area contributed by atoms with Crippen LogP contribution < -0.4 is 15.4 Å². The molecule has 0 atom stereocenters. The monoisotopic (exact) mass is 273 g/mol. The van der Waals surface area contributed by atoms with E-state index in [0.717, 1.165) is 5.69 Å². The first kappa shape index (κ1) is 13.9. The van der Waals surface area contributed by atoms with Crippen molar-refractivity contribution >= 4 is 17.2 Å². The molecule has 0 radical (unpaired) electrons. The maximum Gasteiger partial charge on any atom is 0.136 e. The highest BCUT2D eigenvalue weighted by Gasteiger charge is 2.15. The Labute approximate surface area is 117 Å². The Hall–Kier alpha value is -2.56. The molecule has 0 aliphatic heterocycles. The van der Waals surface area contributed by atoms with Crippen molar-refractivity contribution < 1.29 is 9.13 Å². The highest BCUT2D eigenvalue weighted by Crippen LogP contribution is 2.30. The van der Waals surface area contributed by atoms with Crippen molar-refractivity contribution in [2.75, 3.05) is 19.1 Å². The molecule has 2 aromatic carbocycles. The van der Waals surface area contributed by atoms with E-state index in [-0.39, 0.29) is 11.4 Å². The molecule has 0 amide bonds. The van der Waals surface area contributed by atoms with Crippen molar-refractivity contribution in [2.45, 2.75) is 0 Å². The summed E-state index contributed by atoms with van der Waals surface area (Å²) in [6.07, 6.45) is 0. The molecule has 104 valence electrons. The van der Waals surface area contributed by atoms with E-state index in [1.54, 1.807) is 31.2 Å². The van der Waals surface area contributed by atoms with Gasteiger partial charge in [-0.05, 0) is 24.3 Å². The molecule has 3 N–H and O–H groups in total. The van der Waals surface area contributed by atoms with E-state index in [4.69, 9.17) is 15.9 Å². The van der Waals surface area contributed by atoms with Crippen molar-refractivity contribution in [1.29, 1.82) is 5.41 Å². The second-order valence-electron chi connectivity index (χ2n) is 4.31. The molecule has 0 fully saturated rings. The van der Waals surface area contributed by atoms with Gasteiger partial charge in [-0.3, -0.25) is 5.41 Å². The number of benzene rings is 2. The summed E-state index contributed by atoms with van der Waals surface area (Å²) in [5.74, 6) is -0.104. The highest BCUT2D eigenvalue weighted by molar-refractivity contribution is 6.01. The molecule has 0 saturated heterocycles. The first-order valence-electron chi connectivity index (χ1n) is 6.05. The van der Waals surface area contributed by atoms with Gasteiger partial charge < -0.3 is 15.4 Å². The van der Waals surface area contributed by atoms with Crippen LogP contribution in [0.2, 0.25) is 0 Å². The van der Waals surface area contributed by atoms with E-state index < -0.39 is 5.82 Å². The average molecular weight is 273 g/mol. The van der Waals surface area contributed by atoms with Gasteiger partial charge in [0.15, 0.2) is 0 Å². The van der Waals surface area contributed by atoms with Crippen LogP contribution in [-0.4, -0.2) is 20.0 Å². The topological polar surface area (TPSA) is 62.3 Å². The van der Waals surface area contributed by atoms with Gasteiger partial charge in [-0.25, -0.2) is 4.39 Å². The lowest BCUT2D eigenvalue weighted by Gasteiger charge is -2.23. The minimum absolute atomic E-state index is 0.0952. The number of nitrogens with zero attached hydrogens (tertiary/aromatic N) is 1. The lowest BCUT2D eigenvalue weighted by molar-refractivity contribution is 0.415. The van der Waals surface area contributed by atoms with Crippen molar-refractivity contribution in [1.82, 2.24) is 0 Å². The second-order valence-corrected chi connectivity index (χ2v) is 4.31. The van der Waals surface area contributed by atoms with Crippen LogP contribution in [0.3, 0.4) is 0 Å². The van der Waals surface area contributed by atoms with Crippen LogP contribution in [0.25, 0.3) is 0 Å². The summed E-state index contributed by atoms with van der Waals surface area (Å²) in [4.78, 5) is 1.77. The fourth-order valence-electron chi connectivity index (χ4n) is 2.02. The SMILES string of the molecule is COc1cccc(N(C)c2cccc(F)c2C(=N)N)c1. The van der Waals surface area contributed by atoms with Crippen LogP contribution in [0.15, 0.2) is 42.5 Å². The summed E-state index contributed by atoms with van der Waals surface area (Å²) in [6.45, 7) is 0. The summed E-state index contributed by atoms with van der Waals surface area (Å²) >= 11 is 0. The van der Waals surface area contributed by atoms with Crippen LogP contribution in [0.5, 0.6) is 5.75 Å². The summed E-state index contributed by atoms with van der Waals surface area (Å²) in [5.41, 5.74) is 6.92. The number of hydrogen-bond acceptors (Lipinski definition) is 3. The lowest BCUT2D eigenvalue weighted by Crippen LogP contribution is -2.20. The maximum atomic E-state index is 13.9. The summed E-state index contributed by atoms with van der Waals surface area (Å²) in [7, 11) is 3.37. The predicted octanol–water partition coefficient (Wildman–Crippen LogP) is 2.89. The van der Waals surface area contributed by atoms with E-state index in [0.29, 0.717) is 11.4 Å². The van der Waals surface area contributed by atoms with E-state index in [1.165, 1.54) is 6.07 Å². The smallest absolute Gasteiger partial charge is 0.136 e. The Morgan fingerprint density at radius 1 is 1.25 bits per heavy atom. The molecule has 0 bridgehead atoms. The number of hydrogen-bond donors (Lipinski definition) is 2. The number of halogens is 1. The minimum Gasteiger partial charge on any atom is -0.497 e. The van der Waals surface area contributed by atoms with Gasteiger partial charge in [0.25, 0.3) is 0 Å². The van der Waals surface area contributed by atoms with Crippen molar-refractivity contribution in [3.8, 4) is 5.75 Å². The molecule has 4 nitrogen and oxygen atoms in total. The predicted molar refractivity (Wildman–Crippen MR) is 78.5 cm³/mol. The van der Waals surface area contributed by atoms with Gasteiger partial charge in [0.05, 0.1) is 18.4 Å². The van der Waals surface area contributed by atoms with Gasteiger partial charge >= 0.3 is 0 Å². The normalized spacial score (nSPS) is 10.2. The third kappa shape index (κ3) is 2.56. The van der Waals surface area contributed by atoms with Crippen molar-refractivity contribution in [3.05, 3.63) is 53.8 Å². The molecule has 20 heavy (non-hydrogen) atoms. The molecule has 0 unspecified atom stereocenters. The third-order valence-corrected chi connectivity index (χ3v) is 3.06. The largest absolute Gasteiger partial charge is 0.497 e. The molecular weight excluding hydrogens is 257 g/mol. The van der Waals surface area contributed by atoms with Crippen molar-refractivity contribution in [2.24, 2.45) is 5.73 Å².